The molecule has 1 aliphatic heterocycles. The van der Waals surface area contributed by atoms with Crippen molar-refractivity contribution in [2.24, 2.45) is 11.8 Å². The topological polar surface area (TPSA) is 18.5 Å². The molecule has 0 aromatic heterocycles. The van der Waals surface area contributed by atoms with Gasteiger partial charge < -0.3 is 9.47 Å². The molecule has 2 nitrogen and oxygen atoms in total. The zero-order valence-corrected chi connectivity index (χ0v) is 19.9. The second-order valence-electron chi connectivity index (χ2n) is 9.56. The standard InChI is InChI=1S/C29H36F2O2/c1-3-5-25-15-14-24(19-33-25)22-8-6-20(7-9-22)21-10-12-23(13-11-21)26-16-17-27(32-18-4-2)29(31)28(26)30/h3,5,10-13,16-17,20,22,24-25H,4,6-9,14-15,18-19H2,1-2H3/b5-3+. The Labute approximate surface area is 197 Å². The first-order valence-corrected chi connectivity index (χ1v) is 12.6. The summed E-state index contributed by atoms with van der Waals surface area (Å²) in [4.78, 5) is 0. The fourth-order valence-electron chi connectivity index (χ4n) is 5.47. The molecular formula is C29H36F2O2. The van der Waals surface area contributed by atoms with Crippen molar-refractivity contribution < 1.29 is 18.3 Å². The molecule has 2 aromatic carbocycles. The van der Waals surface area contributed by atoms with Gasteiger partial charge in [0.25, 0.3) is 0 Å². The number of rotatable bonds is 7. The lowest BCUT2D eigenvalue weighted by atomic mass is 9.72. The van der Waals surface area contributed by atoms with E-state index < -0.39 is 11.6 Å². The lowest BCUT2D eigenvalue weighted by molar-refractivity contribution is -0.0149. The van der Waals surface area contributed by atoms with Gasteiger partial charge in [0.15, 0.2) is 11.6 Å². The second kappa shape index (κ2) is 11.3. The molecular weight excluding hydrogens is 418 g/mol. The minimum absolute atomic E-state index is 0.0211. The van der Waals surface area contributed by atoms with Crippen molar-refractivity contribution in [1.82, 2.24) is 0 Å². The molecule has 0 N–H and O–H groups in total. The molecule has 2 aromatic rings. The van der Waals surface area contributed by atoms with Crippen molar-refractivity contribution in [1.29, 1.82) is 0 Å². The molecule has 2 aliphatic rings. The fraction of sp³-hybridized carbons (Fsp3) is 0.517. The predicted octanol–water partition coefficient (Wildman–Crippen LogP) is 8.07. The van der Waals surface area contributed by atoms with E-state index in [0.717, 1.165) is 25.4 Å². The highest BCUT2D eigenvalue weighted by molar-refractivity contribution is 5.65. The van der Waals surface area contributed by atoms with E-state index in [1.807, 2.05) is 19.1 Å². The SMILES string of the molecule is C/C=C/C1CCC(C2CCC(c3ccc(-c4ccc(OCCC)c(F)c4F)cc3)CC2)CO1. The van der Waals surface area contributed by atoms with Crippen molar-refractivity contribution in [3.63, 3.8) is 0 Å². The van der Waals surface area contributed by atoms with Crippen molar-refractivity contribution >= 4 is 0 Å². The van der Waals surface area contributed by atoms with Crippen LogP contribution in [0.2, 0.25) is 0 Å². The summed E-state index contributed by atoms with van der Waals surface area (Å²) >= 11 is 0. The third kappa shape index (κ3) is 5.66. The Hall–Kier alpha value is -2.20. The van der Waals surface area contributed by atoms with Crippen LogP contribution in [0.15, 0.2) is 48.6 Å². The zero-order chi connectivity index (χ0) is 23.2. The fourth-order valence-corrected chi connectivity index (χ4v) is 5.47. The molecule has 1 saturated heterocycles. The van der Waals surface area contributed by atoms with Crippen LogP contribution in [-0.2, 0) is 4.74 Å². The molecule has 1 heterocycles. The van der Waals surface area contributed by atoms with Crippen LogP contribution in [-0.4, -0.2) is 19.3 Å². The molecule has 2 unspecified atom stereocenters. The maximum atomic E-state index is 14.6. The lowest BCUT2D eigenvalue weighted by Gasteiger charge is -2.37. The first-order valence-electron chi connectivity index (χ1n) is 12.6. The summed E-state index contributed by atoms with van der Waals surface area (Å²) in [5.41, 5.74) is 2.27. The third-order valence-corrected chi connectivity index (χ3v) is 7.39. The Balaban J connectivity index is 1.35. The van der Waals surface area contributed by atoms with Crippen LogP contribution in [0.3, 0.4) is 0 Å². The van der Waals surface area contributed by atoms with Gasteiger partial charge in [0, 0.05) is 5.56 Å². The molecule has 33 heavy (non-hydrogen) atoms. The number of halogens is 2. The van der Waals surface area contributed by atoms with Gasteiger partial charge in [-0.1, -0.05) is 43.3 Å². The van der Waals surface area contributed by atoms with Gasteiger partial charge in [-0.2, -0.15) is 4.39 Å². The Kier molecular flexibility index (Phi) is 8.19. The van der Waals surface area contributed by atoms with Gasteiger partial charge >= 0.3 is 0 Å². The van der Waals surface area contributed by atoms with Crippen LogP contribution in [0.4, 0.5) is 8.78 Å². The number of ether oxygens (including phenoxy) is 2. The van der Waals surface area contributed by atoms with E-state index in [-0.39, 0.29) is 11.3 Å². The maximum Gasteiger partial charge on any atom is 0.201 e. The minimum atomic E-state index is -0.910. The van der Waals surface area contributed by atoms with Gasteiger partial charge in [-0.3, -0.25) is 0 Å². The number of allylic oxidation sites excluding steroid dienone is 1. The summed E-state index contributed by atoms with van der Waals surface area (Å²) in [5, 5.41) is 0. The van der Waals surface area contributed by atoms with E-state index >= 15 is 0 Å². The molecule has 2 fully saturated rings. The minimum Gasteiger partial charge on any atom is -0.490 e. The lowest BCUT2D eigenvalue weighted by Crippen LogP contribution is -2.31. The molecule has 178 valence electrons. The van der Waals surface area contributed by atoms with Crippen LogP contribution < -0.4 is 4.74 Å². The summed E-state index contributed by atoms with van der Waals surface area (Å²) in [7, 11) is 0. The summed E-state index contributed by atoms with van der Waals surface area (Å²) < 4.78 is 40.4. The second-order valence-corrected chi connectivity index (χ2v) is 9.56. The summed E-state index contributed by atoms with van der Waals surface area (Å²) in [6.45, 7) is 5.25. The van der Waals surface area contributed by atoms with Gasteiger partial charge in [-0.25, -0.2) is 4.39 Å². The quantitative estimate of drug-likeness (QED) is 0.394. The monoisotopic (exact) mass is 454 g/mol. The van der Waals surface area contributed by atoms with E-state index in [1.165, 1.54) is 43.7 Å². The van der Waals surface area contributed by atoms with Crippen molar-refractivity contribution in [2.45, 2.75) is 70.8 Å². The molecule has 4 rings (SSSR count). The highest BCUT2D eigenvalue weighted by Crippen LogP contribution is 2.42. The Bertz CT molecular complexity index is 921. The highest BCUT2D eigenvalue weighted by Gasteiger charge is 2.31. The molecule has 0 spiro atoms. The van der Waals surface area contributed by atoms with Crippen LogP contribution in [0.1, 0.15) is 70.3 Å². The number of benzene rings is 2. The van der Waals surface area contributed by atoms with Crippen LogP contribution in [0, 0.1) is 23.5 Å². The van der Waals surface area contributed by atoms with Crippen molar-refractivity contribution in [3.05, 3.63) is 65.7 Å². The van der Waals surface area contributed by atoms with Crippen LogP contribution in [0.25, 0.3) is 11.1 Å². The maximum absolute atomic E-state index is 14.6. The van der Waals surface area contributed by atoms with E-state index in [9.17, 15) is 8.78 Å². The smallest absolute Gasteiger partial charge is 0.201 e. The van der Waals surface area contributed by atoms with Crippen molar-refractivity contribution in [2.75, 3.05) is 13.2 Å². The summed E-state index contributed by atoms with van der Waals surface area (Å²) in [6.07, 6.45) is 12.6. The highest BCUT2D eigenvalue weighted by atomic mass is 19.2. The Morgan fingerprint density at radius 1 is 0.909 bits per heavy atom. The van der Waals surface area contributed by atoms with E-state index in [2.05, 4.69) is 31.2 Å². The van der Waals surface area contributed by atoms with Gasteiger partial charge in [0.2, 0.25) is 5.82 Å². The van der Waals surface area contributed by atoms with Gasteiger partial charge in [0.05, 0.1) is 19.3 Å². The van der Waals surface area contributed by atoms with Crippen molar-refractivity contribution in [3.8, 4) is 16.9 Å². The largest absolute Gasteiger partial charge is 0.490 e. The average Bonchev–Trinajstić information content (AvgIpc) is 2.86. The molecule has 2 atom stereocenters. The molecule has 4 heteroatoms. The Morgan fingerprint density at radius 3 is 2.27 bits per heavy atom. The Morgan fingerprint density at radius 2 is 1.64 bits per heavy atom. The van der Waals surface area contributed by atoms with Gasteiger partial charge in [0.1, 0.15) is 0 Å². The molecule has 0 amide bonds. The van der Waals surface area contributed by atoms with E-state index in [4.69, 9.17) is 9.47 Å². The summed E-state index contributed by atoms with van der Waals surface area (Å²) in [6, 6.07) is 11.1. The molecule has 0 radical (unpaired) electrons. The van der Waals surface area contributed by atoms with Gasteiger partial charge in [-0.15, -0.1) is 0 Å². The molecule has 1 saturated carbocycles. The number of hydrogen-bond acceptors (Lipinski definition) is 2. The van der Waals surface area contributed by atoms with Gasteiger partial charge in [-0.05, 0) is 92.9 Å². The normalized spacial score (nSPS) is 25.9. The zero-order valence-electron chi connectivity index (χ0n) is 19.9. The first-order chi connectivity index (χ1) is 16.1. The summed E-state index contributed by atoms with van der Waals surface area (Å²) in [5.74, 6) is 0.221. The molecule has 1 aliphatic carbocycles. The first kappa shape index (κ1) is 23.9. The van der Waals surface area contributed by atoms with Crippen LogP contribution in [0.5, 0.6) is 5.75 Å². The van der Waals surface area contributed by atoms with E-state index in [0.29, 0.717) is 30.1 Å². The molecule has 0 bridgehead atoms. The van der Waals surface area contributed by atoms with E-state index in [1.54, 1.807) is 6.07 Å². The third-order valence-electron chi connectivity index (χ3n) is 7.39. The number of hydrogen-bond donors (Lipinski definition) is 0. The van der Waals surface area contributed by atoms with Crippen LogP contribution >= 0.6 is 0 Å². The predicted molar refractivity (Wildman–Crippen MR) is 130 cm³/mol. The average molecular weight is 455 g/mol.